The maximum Gasteiger partial charge on any atom is 0.220 e. The number of amides is 1. The topological polar surface area (TPSA) is 48.0 Å². The number of hydrogen-bond acceptors (Lipinski definition) is 4. The van der Waals surface area contributed by atoms with Crippen molar-refractivity contribution in [2.45, 2.75) is 70.3 Å². The minimum Gasteiger partial charge on any atom is -0.375 e. The van der Waals surface area contributed by atoms with E-state index in [2.05, 4.69) is 30.8 Å². The van der Waals surface area contributed by atoms with E-state index in [1.807, 2.05) is 77.7 Å². The van der Waals surface area contributed by atoms with Crippen molar-refractivity contribution in [3.63, 3.8) is 0 Å². The fraction of sp³-hybridized carbons (Fsp3) is 0.364. The van der Waals surface area contributed by atoms with Crippen molar-refractivity contribution in [2.24, 2.45) is 0 Å². The molecule has 38 heavy (non-hydrogen) atoms. The predicted octanol–water partition coefficient (Wildman–Crippen LogP) is 6.33. The Kier molecular flexibility index (Phi) is 10.7. The lowest BCUT2D eigenvalue weighted by Crippen LogP contribution is -2.45. The van der Waals surface area contributed by atoms with Crippen molar-refractivity contribution in [1.29, 1.82) is 0 Å². The van der Waals surface area contributed by atoms with Crippen LogP contribution in [0, 0.1) is 0 Å². The molecule has 0 saturated carbocycles. The van der Waals surface area contributed by atoms with Gasteiger partial charge in [0.2, 0.25) is 5.91 Å². The fourth-order valence-electron chi connectivity index (χ4n) is 5.23. The first-order valence-electron chi connectivity index (χ1n) is 13.5. The largest absolute Gasteiger partial charge is 0.375 e. The van der Waals surface area contributed by atoms with E-state index < -0.39 is 0 Å². The summed E-state index contributed by atoms with van der Waals surface area (Å²) in [5, 5.41) is 0. The van der Waals surface area contributed by atoms with E-state index in [0.29, 0.717) is 26.4 Å². The molecular formula is C33H39NO4. The Labute approximate surface area is 227 Å². The number of allylic oxidation sites excluding steroid dienone is 1. The highest BCUT2D eigenvalue weighted by molar-refractivity contribution is 5.74. The quantitative estimate of drug-likeness (QED) is 0.187. The maximum absolute atomic E-state index is 13.1. The van der Waals surface area contributed by atoms with Crippen LogP contribution in [0.2, 0.25) is 0 Å². The molecule has 1 amide bonds. The van der Waals surface area contributed by atoms with Crippen LogP contribution >= 0.6 is 0 Å². The molecule has 1 fully saturated rings. The van der Waals surface area contributed by atoms with Gasteiger partial charge in [0.15, 0.2) is 0 Å². The standard InChI is InChI=1S/C33H39NO4/c1-3-4-8-21-30-32(37-23-28-17-11-6-12-18-28)33(38-24-29-19-13-7-14-20-29)31(34(30)26(2)35)25-36-22-27-15-9-5-10-16-27/h3,5-7,9-20,30-33H,1,4,8,21-25H2,2H3/t30?,31-,32-,33-/m1/s1. The highest BCUT2D eigenvalue weighted by Gasteiger charge is 2.51. The van der Waals surface area contributed by atoms with Crippen LogP contribution in [0.4, 0.5) is 0 Å². The zero-order valence-corrected chi connectivity index (χ0v) is 22.3. The molecule has 0 bridgehead atoms. The summed E-state index contributed by atoms with van der Waals surface area (Å²) in [6.45, 7) is 7.26. The molecule has 4 atom stereocenters. The lowest BCUT2D eigenvalue weighted by atomic mass is 10.0. The molecule has 0 N–H and O–H groups in total. The van der Waals surface area contributed by atoms with Gasteiger partial charge in [-0.25, -0.2) is 0 Å². The van der Waals surface area contributed by atoms with Crippen molar-refractivity contribution in [1.82, 2.24) is 4.90 Å². The summed E-state index contributed by atoms with van der Waals surface area (Å²) >= 11 is 0. The lowest BCUT2D eigenvalue weighted by Gasteiger charge is -2.30. The first kappa shape index (κ1) is 27.8. The van der Waals surface area contributed by atoms with Crippen LogP contribution in [0.3, 0.4) is 0 Å². The number of carbonyl (C=O) groups excluding carboxylic acids is 1. The maximum atomic E-state index is 13.1. The molecule has 0 radical (unpaired) electrons. The molecule has 0 aromatic heterocycles. The molecule has 0 spiro atoms. The number of nitrogens with zero attached hydrogens (tertiary/aromatic N) is 1. The van der Waals surface area contributed by atoms with Gasteiger partial charge in [-0.15, -0.1) is 6.58 Å². The normalized spacial score (nSPS) is 20.9. The molecule has 4 rings (SSSR count). The van der Waals surface area contributed by atoms with E-state index in [1.54, 1.807) is 6.92 Å². The molecule has 1 aliphatic heterocycles. The number of carbonyl (C=O) groups is 1. The van der Waals surface area contributed by atoms with E-state index in [1.165, 1.54) is 0 Å². The van der Waals surface area contributed by atoms with Crippen LogP contribution in [0.5, 0.6) is 0 Å². The number of hydrogen-bond donors (Lipinski definition) is 0. The molecule has 0 aliphatic carbocycles. The number of unbranched alkanes of at least 4 members (excludes halogenated alkanes) is 1. The number of benzene rings is 3. The fourth-order valence-corrected chi connectivity index (χ4v) is 5.23. The van der Waals surface area contributed by atoms with E-state index in [0.717, 1.165) is 36.0 Å². The zero-order valence-electron chi connectivity index (χ0n) is 22.3. The Balaban J connectivity index is 1.58. The summed E-state index contributed by atoms with van der Waals surface area (Å²) in [4.78, 5) is 15.1. The molecular weight excluding hydrogens is 474 g/mol. The van der Waals surface area contributed by atoms with E-state index >= 15 is 0 Å². The Morgan fingerprint density at radius 3 is 1.71 bits per heavy atom. The third-order valence-corrected chi connectivity index (χ3v) is 7.04. The summed E-state index contributed by atoms with van der Waals surface area (Å²) in [6.07, 6.45) is 3.94. The minimum absolute atomic E-state index is 0.0148. The third kappa shape index (κ3) is 7.64. The van der Waals surface area contributed by atoms with Crippen LogP contribution in [0.15, 0.2) is 104 Å². The molecule has 5 heteroatoms. The summed E-state index contributed by atoms with van der Waals surface area (Å²) in [7, 11) is 0. The van der Waals surface area contributed by atoms with Crippen molar-refractivity contribution in [2.75, 3.05) is 6.61 Å². The average Bonchev–Trinajstić information content (AvgIpc) is 3.24. The van der Waals surface area contributed by atoms with Gasteiger partial charge in [-0.05, 0) is 36.0 Å². The summed E-state index contributed by atoms with van der Waals surface area (Å²) in [5.41, 5.74) is 3.28. The molecule has 1 aliphatic rings. The van der Waals surface area contributed by atoms with Crippen LogP contribution in [-0.2, 0) is 38.8 Å². The van der Waals surface area contributed by atoms with Crippen LogP contribution in [0.1, 0.15) is 42.9 Å². The third-order valence-electron chi connectivity index (χ3n) is 7.04. The van der Waals surface area contributed by atoms with Crippen molar-refractivity contribution < 1.29 is 19.0 Å². The summed E-state index contributed by atoms with van der Waals surface area (Å²) < 4.78 is 19.4. The van der Waals surface area contributed by atoms with Gasteiger partial charge >= 0.3 is 0 Å². The molecule has 200 valence electrons. The highest BCUT2D eigenvalue weighted by atomic mass is 16.5. The Morgan fingerprint density at radius 1 is 0.763 bits per heavy atom. The second-order valence-corrected chi connectivity index (χ2v) is 9.80. The van der Waals surface area contributed by atoms with Gasteiger partial charge in [-0.2, -0.15) is 0 Å². The summed E-state index contributed by atoms with van der Waals surface area (Å²) in [5.74, 6) is 0.0148. The second kappa shape index (κ2) is 14.6. The molecule has 1 saturated heterocycles. The summed E-state index contributed by atoms with van der Waals surface area (Å²) in [6, 6.07) is 30.0. The van der Waals surface area contributed by atoms with Crippen LogP contribution in [-0.4, -0.2) is 41.7 Å². The monoisotopic (exact) mass is 513 g/mol. The predicted molar refractivity (Wildman–Crippen MR) is 150 cm³/mol. The molecule has 5 nitrogen and oxygen atoms in total. The van der Waals surface area contributed by atoms with E-state index in [-0.39, 0.29) is 30.2 Å². The van der Waals surface area contributed by atoms with Gasteiger partial charge in [0.05, 0.1) is 38.5 Å². The van der Waals surface area contributed by atoms with Gasteiger partial charge in [0.25, 0.3) is 0 Å². The lowest BCUT2D eigenvalue weighted by molar-refractivity contribution is -0.135. The van der Waals surface area contributed by atoms with Gasteiger partial charge in [-0.3, -0.25) is 4.79 Å². The Bertz CT molecular complexity index is 1110. The number of likely N-dealkylation sites (tertiary alicyclic amines) is 1. The van der Waals surface area contributed by atoms with E-state index in [9.17, 15) is 4.79 Å². The van der Waals surface area contributed by atoms with Crippen molar-refractivity contribution in [3.05, 3.63) is 120 Å². The van der Waals surface area contributed by atoms with Crippen LogP contribution < -0.4 is 0 Å². The van der Waals surface area contributed by atoms with Crippen molar-refractivity contribution >= 4 is 5.91 Å². The molecule has 1 unspecified atom stereocenters. The number of rotatable bonds is 14. The smallest absolute Gasteiger partial charge is 0.220 e. The second-order valence-electron chi connectivity index (χ2n) is 9.80. The molecule has 1 heterocycles. The van der Waals surface area contributed by atoms with Gasteiger partial charge in [0, 0.05) is 6.92 Å². The van der Waals surface area contributed by atoms with Crippen molar-refractivity contribution in [3.8, 4) is 0 Å². The van der Waals surface area contributed by atoms with E-state index in [4.69, 9.17) is 14.2 Å². The Morgan fingerprint density at radius 2 is 1.24 bits per heavy atom. The zero-order chi connectivity index (χ0) is 26.6. The van der Waals surface area contributed by atoms with Gasteiger partial charge < -0.3 is 19.1 Å². The SMILES string of the molecule is C=CCCCC1[C@@H](OCc2ccccc2)[C@H](OCc2ccccc2)[C@@H](COCc2ccccc2)N1C(C)=O. The van der Waals surface area contributed by atoms with Crippen LogP contribution in [0.25, 0.3) is 0 Å². The van der Waals surface area contributed by atoms with Gasteiger partial charge in [0.1, 0.15) is 12.2 Å². The first-order valence-corrected chi connectivity index (χ1v) is 13.5. The first-order chi connectivity index (χ1) is 18.7. The Hall–Kier alpha value is -3.25. The van der Waals surface area contributed by atoms with Gasteiger partial charge in [-0.1, -0.05) is 97.1 Å². The highest BCUT2D eigenvalue weighted by Crippen LogP contribution is 2.34. The molecule has 3 aromatic carbocycles. The molecule has 3 aromatic rings. The number of ether oxygens (including phenoxy) is 3. The average molecular weight is 514 g/mol. The minimum atomic E-state index is -0.327.